The van der Waals surface area contributed by atoms with Crippen LogP contribution in [0.5, 0.6) is 0 Å². The fourth-order valence-corrected chi connectivity index (χ4v) is 4.38. The molecule has 0 bridgehead atoms. The van der Waals surface area contributed by atoms with E-state index in [1.54, 1.807) is 0 Å². The topological polar surface area (TPSA) is 35.5 Å². The molecule has 1 heterocycles. The van der Waals surface area contributed by atoms with Gasteiger partial charge in [-0.3, -0.25) is 0 Å². The van der Waals surface area contributed by atoms with Gasteiger partial charge in [-0.15, -0.1) is 0 Å². The van der Waals surface area contributed by atoms with Crippen molar-refractivity contribution in [1.29, 1.82) is 0 Å². The van der Waals surface area contributed by atoms with E-state index in [1.807, 2.05) is 0 Å². The van der Waals surface area contributed by atoms with Crippen molar-refractivity contribution in [3.05, 3.63) is 0 Å². The number of aliphatic hydroxyl groups is 1. The Bertz CT molecular complexity index is 292. The molecule has 1 saturated heterocycles. The molecule has 21 heavy (non-hydrogen) atoms. The van der Waals surface area contributed by atoms with Crippen LogP contribution in [0.1, 0.15) is 64.2 Å². The third-order valence-corrected chi connectivity index (χ3v) is 5.91. The largest absolute Gasteiger partial charge is 0.396 e. The molecule has 1 atom stereocenters. The Morgan fingerprint density at radius 1 is 0.952 bits per heavy atom. The predicted molar refractivity (Wildman–Crippen MR) is 87.4 cm³/mol. The number of nitrogens with zero attached hydrogens (tertiary/aromatic N) is 1. The Kier molecular flexibility index (Phi) is 5.96. The van der Waals surface area contributed by atoms with Gasteiger partial charge in [0.2, 0.25) is 0 Å². The zero-order valence-corrected chi connectivity index (χ0v) is 13.6. The lowest BCUT2D eigenvalue weighted by molar-refractivity contribution is 0.153. The van der Waals surface area contributed by atoms with Crippen LogP contribution in [0.3, 0.4) is 0 Å². The molecule has 0 spiro atoms. The lowest BCUT2D eigenvalue weighted by atomic mass is 9.82. The summed E-state index contributed by atoms with van der Waals surface area (Å²) in [5, 5.41) is 13.3. The minimum Gasteiger partial charge on any atom is -0.396 e. The van der Waals surface area contributed by atoms with Gasteiger partial charge in [0, 0.05) is 25.2 Å². The quantitative estimate of drug-likeness (QED) is 0.758. The minimum atomic E-state index is 0.342. The van der Waals surface area contributed by atoms with Crippen molar-refractivity contribution >= 4 is 0 Å². The van der Waals surface area contributed by atoms with Crippen LogP contribution >= 0.6 is 0 Å². The molecule has 3 fully saturated rings. The second-order valence-corrected chi connectivity index (χ2v) is 7.70. The highest BCUT2D eigenvalue weighted by Gasteiger charge is 2.29. The molecule has 0 aromatic heterocycles. The predicted octanol–water partition coefficient (Wildman–Crippen LogP) is 2.78. The van der Waals surface area contributed by atoms with E-state index in [0.717, 1.165) is 18.3 Å². The standard InChI is InChI=1S/C18H34N2O/c21-13-10-18(16-4-2-1-3-5-16)19-17-8-11-20(12-9-17)14-15-6-7-15/h15-19,21H,1-14H2. The van der Waals surface area contributed by atoms with Crippen molar-refractivity contribution < 1.29 is 5.11 Å². The van der Waals surface area contributed by atoms with Gasteiger partial charge in [0.1, 0.15) is 0 Å². The third-order valence-electron chi connectivity index (χ3n) is 5.91. The van der Waals surface area contributed by atoms with Gasteiger partial charge in [0.05, 0.1) is 0 Å². The normalized spacial score (nSPS) is 27.9. The highest BCUT2D eigenvalue weighted by molar-refractivity contribution is 4.87. The molecule has 3 rings (SSSR count). The van der Waals surface area contributed by atoms with E-state index in [0.29, 0.717) is 18.7 Å². The van der Waals surface area contributed by atoms with Crippen LogP contribution in [0.2, 0.25) is 0 Å². The number of hydrogen-bond donors (Lipinski definition) is 2. The number of piperidine rings is 1. The number of aliphatic hydroxyl groups excluding tert-OH is 1. The maximum Gasteiger partial charge on any atom is 0.0445 e. The van der Waals surface area contributed by atoms with Gasteiger partial charge in [0.25, 0.3) is 0 Å². The number of rotatable bonds is 7. The maximum absolute atomic E-state index is 9.40. The molecular formula is C18H34N2O. The maximum atomic E-state index is 9.40. The zero-order chi connectivity index (χ0) is 14.5. The van der Waals surface area contributed by atoms with Gasteiger partial charge in [-0.05, 0) is 69.9 Å². The van der Waals surface area contributed by atoms with Gasteiger partial charge < -0.3 is 15.3 Å². The molecule has 0 aromatic rings. The number of likely N-dealkylation sites (tertiary alicyclic amines) is 1. The monoisotopic (exact) mass is 294 g/mol. The molecule has 3 nitrogen and oxygen atoms in total. The van der Waals surface area contributed by atoms with Gasteiger partial charge in [-0.2, -0.15) is 0 Å². The first-order valence-corrected chi connectivity index (χ1v) is 9.44. The molecule has 0 aromatic carbocycles. The number of nitrogens with one attached hydrogen (secondary N) is 1. The van der Waals surface area contributed by atoms with Crippen LogP contribution in [0, 0.1) is 11.8 Å². The van der Waals surface area contributed by atoms with Crippen LogP contribution in [-0.2, 0) is 0 Å². The van der Waals surface area contributed by atoms with Gasteiger partial charge >= 0.3 is 0 Å². The molecule has 0 amide bonds. The summed E-state index contributed by atoms with van der Waals surface area (Å²) in [4.78, 5) is 2.68. The highest BCUT2D eigenvalue weighted by atomic mass is 16.3. The summed E-state index contributed by atoms with van der Waals surface area (Å²) in [5.41, 5.74) is 0. The van der Waals surface area contributed by atoms with Crippen molar-refractivity contribution in [2.75, 3.05) is 26.2 Å². The summed E-state index contributed by atoms with van der Waals surface area (Å²) in [6.45, 7) is 4.26. The Balaban J connectivity index is 1.42. The first kappa shape index (κ1) is 15.8. The third kappa shape index (κ3) is 4.94. The summed E-state index contributed by atoms with van der Waals surface area (Å²) in [7, 11) is 0. The van der Waals surface area contributed by atoms with E-state index in [-0.39, 0.29) is 0 Å². The Hall–Kier alpha value is -0.120. The number of hydrogen-bond acceptors (Lipinski definition) is 3. The minimum absolute atomic E-state index is 0.342. The molecule has 2 aliphatic carbocycles. The molecule has 2 N–H and O–H groups in total. The summed E-state index contributed by atoms with van der Waals surface area (Å²) >= 11 is 0. The Morgan fingerprint density at radius 2 is 1.67 bits per heavy atom. The molecular weight excluding hydrogens is 260 g/mol. The van der Waals surface area contributed by atoms with Crippen molar-refractivity contribution in [2.45, 2.75) is 76.3 Å². The molecule has 0 radical (unpaired) electrons. The zero-order valence-electron chi connectivity index (χ0n) is 13.6. The van der Waals surface area contributed by atoms with Crippen molar-refractivity contribution in [3.63, 3.8) is 0 Å². The van der Waals surface area contributed by atoms with Crippen LogP contribution in [0.4, 0.5) is 0 Å². The smallest absolute Gasteiger partial charge is 0.0445 e. The fraction of sp³-hybridized carbons (Fsp3) is 1.00. The van der Waals surface area contributed by atoms with E-state index in [1.165, 1.54) is 77.4 Å². The molecule has 3 heteroatoms. The summed E-state index contributed by atoms with van der Waals surface area (Å²) in [6.07, 6.45) is 13.5. The van der Waals surface area contributed by atoms with Crippen LogP contribution in [-0.4, -0.2) is 48.3 Å². The summed E-state index contributed by atoms with van der Waals surface area (Å²) < 4.78 is 0. The lowest BCUT2D eigenvalue weighted by Gasteiger charge is -2.38. The summed E-state index contributed by atoms with van der Waals surface area (Å²) in [5.74, 6) is 1.84. The van der Waals surface area contributed by atoms with Gasteiger partial charge in [0.15, 0.2) is 0 Å². The van der Waals surface area contributed by atoms with Crippen molar-refractivity contribution in [3.8, 4) is 0 Å². The molecule has 1 aliphatic heterocycles. The van der Waals surface area contributed by atoms with E-state index in [9.17, 15) is 5.11 Å². The van der Waals surface area contributed by atoms with Crippen molar-refractivity contribution in [2.24, 2.45) is 11.8 Å². The SMILES string of the molecule is OCCC(NC1CCN(CC2CC2)CC1)C1CCCCC1. The van der Waals surface area contributed by atoms with Gasteiger partial charge in [-0.1, -0.05) is 19.3 Å². The van der Waals surface area contributed by atoms with E-state index in [2.05, 4.69) is 10.2 Å². The molecule has 1 unspecified atom stereocenters. The Morgan fingerprint density at radius 3 is 2.29 bits per heavy atom. The van der Waals surface area contributed by atoms with Crippen molar-refractivity contribution in [1.82, 2.24) is 10.2 Å². The molecule has 2 saturated carbocycles. The molecule has 122 valence electrons. The summed E-state index contributed by atoms with van der Waals surface area (Å²) in [6, 6.07) is 1.26. The second-order valence-electron chi connectivity index (χ2n) is 7.70. The average Bonchev–Trinajstić information content (AvgIpc) is 3.34. The van der Waals surface area contributed by atoms with E-state index in [4.69, 9.17) is 0 Å². The van der Waals surface area contributed by atoms with Crippen LogP contribution in [0.25, 0.3) is 0 Å². The Labute approximate surface area is 130 Å². The fourth-order valence-electron chi connectivity index (χ4n) is 4.38. The molecule has 3 aliphatic rings. The van der Waals surface area contributed by atoms with Gasteiger partial charge in [-0.25, -0.2) is 0 Å². The first-order valence-electron chi connectivity index (χ1n) is 9.44. The van der Waals surface area contributed by atoms with Crippen LogP contribution < -0.4 is 5.32 Å². The second kappa shape index (κ2) is 7.94. The lowest BCUT2D eigenvalue weighted by Crippen LogP contribution is -2.49. The highest BCUT2D eigenvalue weighted by Crippen LogP contribution is 2.31. The average molecular weight is 294 g/mol. The van der Waals surface area contributed by atoms with Crippen LogP contribution in [0.15, 0.2) is 0 Å². The van der Waals surface area contributed by atoms with E-state index < -0.39 is 0 Å². The first-order chi connectivity index (χ1) is 10.3. The van der Waals surface area contributed by atoms with E-state index >= 15 is 0 Å².